The van der Waals surface area contributed by atoms with Crippen LogP contribution in [0.1, 0.15) is 56.2 Å². The van der Waals surface area contributed by atoms with Crippen molar-refractivity contribution in [2.24, 2.45) is 0 Å². The molecule has 0 aliphatic heterocycles. The van der Waals surface area contributed by atoms with Gasteiger partial charge in [0, 0.05) is 11.3 Å². The first kappa shape index (κ1) is 16.0. The van der Waals surface area contributed by atoms with Crippen LogP contribution < -0.4 is 5.32 Å². The summed E-state index contributed by atoms with van der Waals surface area (Å²) in [7, 11) is 0. The summed E-state index contributed by atoms with van der Waals surface area (Å²) in [6, 6.07) is 4.07. The molecule has 4 nitrogen and oxygen atoms in total. The molecule has 1 saturated carbocycles. The lowest BCUT2D eigenvalue weighted by Crippen LogP contribution is -2.54. The maximum atomic E-state index is 12.1. The predicted octanol–water partition coefficient (Wildman–Crippen LogP) is 3.36. The van der Waals surface area contributed by atoms with Gasteiger partial charge in [-0.3, -0.25) is 4.79 Å². The molecule has 0 radical (unpaired) electrons. The van der Waals surface area contributed by atoms with Gasteiger partial charge in [-0.2, -0.15) is 0 Å². The van der Waals surface area contributed by atoms with Crippen molar-refractivity contribution in [3.05, 3.63) is 22.4 Å². The van der Waals surface area contributed by atoms with E-state index < -0.39 is 11.5 Å². The average molecular weight is 309 g/mol. The van der Waals surface area contributed by atoms with E-state index in [1.165, 1.54) is 4.88 Å². The molecule has 1 amide bonds. The summed E-state index contributed by atoms with van der Waals surface area (Å²) < 4.78 is 0. The van der Waals surface area contributed by atoms with Crippen LogP contribution in [0.5, 0.6) is 0 Å². The molecule has 1 aromatic heterocycles. The van der Waals surface area contributed by atoms with Crippen LogP contribution in [0.25, 0.3) is 0 Å². The summed E-state index contributed by atoms with van der Waals surface area (Å²) in [5, 5.41) is 14.4. The van der Waals surface area contributed by atoms with Gasteiger partial charge in [0.1, 0.15) is 5.54 Å². The Bertz CT molecular complexity index is 462. The minimum absolute atomic E-state index is 0.129. The van der Waals surface area contributed by atoms with Crippen LogP contribution in [-0.2, 0) is 16.0 Å². The van der Waals surface area contributed by atoms with E-state index in [0.29, 0.717) is 19.3 Å². The number of aliphatic carboxylic acids is 1. The van der Waals surface area contributed by atoms with E-state index in [-0.39, 0.29) is 5.91 Å². The van der Waals surface area contributed by atoms with Crippen molar-refractivity contribution in [3.63, 3.8) is 0 Å². The van der Waals surface area contributed by atoms with E-state index in [4.69, 9.17) is 0 Å². The fraction of sp³-hybridized carbons (Fsp3) is 0.625. The number of carbonyl (C=O) groups excluding carboxylic acids is 1. The molecule has 0 aromatic carbocycles. The Morgan fingerprint density at radius 3 is 2.52 bits per heavy atom. The molecule has 1 aliphatic rings. The summed E-state index contributed by atoms with van der Waals surface area (Å²) in [6.45, 7) is 0. The van der Waals surface area contributed by atoms with Crippen molar-refractivity contribution in [1.82, 2.24) is 5.32 Å². The normalized spacial score (nSPS) is 17.9. The molecule has 116 valence electrons. The van der Waals surface area contributed by atoms with Crippen LogP contribution in [-0.4, -0.2) is 22.5 Å². The van der Waals surface area contributed by atoms with E-state index in [0.717, 1.165) is 38.5 Å². The number of nitrogens with one attached hydrogen (secondary N) is 1. The van der Waals surface area contributed by atoms with Crippen LogP contribution in [0, 0.1) is 0 Å². The van der Waals surface area contributed by atoms with E-state index in [1.54, 1.807) is 11.3 Å². The molecule has 5 heteroatoms. The Morgan fingerprint density at radius 2 is 1.95 bits per heavy atom. The first-order valence-electron chi connectivity index (χ1n) is 7.69. The molecule has 0 bridgehead atoms. The lowest BCUT2D eigenvalue weighted by Gasteiger charge is -2.29. The largest absolute Gasteiger partial charge is 0.480 e. The average Bonchev–Trinajstić information content (AvgIpc) is 2.84. The molecule has 0 atom stereocenters. The van der Waals surface area contributed by atoms with Crippen molar-refractivity contribution in [3.8, 4) is 0 Å². The van der Waals surface area contributed by atoms with Crippen LogP contribution in [0.3, 0.4) is 0 Å². The van der Waals surface area contributed by atoms with Crippen molar-refractivity contribution in [2.45, 2.75) is 63.3 Å². The maximum Gasteiger partial charge on any atom is 0.329 e. The Kier molecular flexibility index (Phi) is 5.79. The van der Waals surface area contributed by atoms with E-state index in [2.05, 4.69) is 11.4 Å². The Balaban J connectivity index is 1.84. The SMILES string of the molecule is O=C(CCCc1cccs1)NC1(C(=O)O)CCCCCC1. The van der Waals surface area contributed by atoms with Gasteiger partial charge >= 0.3 is 5.97 Å². The third-order valence-electron chi connectivity index (χ3n) is 4.15. The number of thiophene rings is 1. The predicted molar refractivity (Wildman–Crippen MR) is 83.5 cm³/mol. The first-order chi connectivity index (χ1) is 10.1. The number of rotatable bonds is 6. The third kappa shape index (κ3) is 4.56. The summed E-state index contributed by atoms with van der Waals surface area (Å²) in [4.78, 5) is 25.0. The Labute approximate surface area is 129 Å². The minimum atomic E-state index is -1.03. The number of aryl methyl sites for hydroxylation is 1. The second-order valence-corrected chi connectivity index (χ2v) is 6.81. The van der Waals surface area contributed by atoms with Crippen molar-refractivity contribution in [1.29, 1.82) is 0 Å². The van der Waals surface area contributed by atoms with Crippen LogP contribution in [0.15, 0.2) is 17.5 Å². The molecule has 0 saturated heterocycles. The van der Waals surface area contributed by atoms with Crippen molar-refractivity contribution < 1.29 is 14.7 Å². The zero-order valence-corrected chi connectivity index (χ0v) is 13.1. The van der Waals surface area contributed by atoms with Gasteiger partial charge in [0.05, 0.1) is 0 Å². The minimum Gasteiger partial charge on any atom is -0.480 e. The summed E-state index contributed by atoms with van der Waals surface area (Å²) >= 11 is 1.69. The van der Waals surface area contributed by atoms with Crippen LogP contribution >= 0.6 is 11.3 Å². The molecule has 1 fully saturated rings. The van der Waals surface area contributed by atoms with E-state index in [9.17, 15) is 14.7 Å². The number of hydrogen-bond acceptors (Lipinski definition) is 3. The molecule has 1 aromatic rings. The van der Waals surface area contributed by atoms with Crippen molar-refractivity contribution in [2.75, 3.05) is 0 Å². The first-order valence-corrected chi connectivity index (χ1v) is 8.57. The Morgan fingerprint density at radius 1 is 1.24 bits per heavy atom. The number of hydrogen-bond donors (Lipinski definition) is 2. The second-order valence-electron chi connectivity index (χ2n) is 5.78. The molecule has 2 N–H and O–H groups in total. The van der Waals surface area contributed by atoms with Crippen LogP contribution in [0.2, 0.25) is 0 Å². The highest BCUT2D eigenvalue weighted by atomic mass is 32.1. The maximum absolute atomic E-state index is 12.1. The van der Waals surface area contributed by atoms with Gasteiger partial charge in [0.25, 0.3) is 0 Å². The van der Waals surface area contributed by atoms with Gasteiger partial charge in [-0.15, -0.1) is 11.3 Å². The van der Waals surface area contributed by atoms with Gasteiger partial charge in [-0.05, 0) is 37.1 Å². The second kappa shape index (κ2) is 7.59. The fourth-order valence-electron chi connectivity index (χ4n) is 2.93. The number of carboxylic acid groups (broad SMARTS) is 1. The molecule has 1 aliphatic carbocycles. The molecule has 21 heavy (non-hydrogen) atoms. The highest BCUT2D eigenvalue weighted by Crippen LogP contribution is 2.27. The third-order valence-corrected chi connectivity index (χ3v) is 5.09. The smallest absolute Gasteiger partial charge is 0.329 e. The molecule has 2 rings (SSSR count). The van der Waals surface area contributed by atoms with Crippen LogP contribution in [0.4, 0.5) is 0 Å². The topological polar surface area (TPSA) is 66.4 Å². The molecule has 0 spiro atoms. The van der Waals surface area contributed by atoms with E-state index >= 15 is 0 Å². The molecular formula is C16H23NO3S. The number of carboxylic acids is 1. The Hall–Kier alpha value is -1.36. The highest BCUT2D eigenvalue weighted by Gasteiger charge is 2.39. The van der Waals surface area contributed by atoms with Gasteiger partial charge in [0.2, 0.25) is 5.91 Å². The fourth-order valence-corrected chi connectivity index (χ4v) is 3.68. The highest BCUT2D eigenvalue weighted by molar-refractivity contribution is 7.09. The zero-order valence-electron chi connectivity index (χ0n) is 12.3. The van der Waals surface area contributed by atoms with Gasteiger partial charge in [-0.25, -0.2) is 4.79 Å². The number of carbonyl (C=O) groups is 2. The zero-order chi connectivity index (χ0) is 15.1. The number of amides is 1. The van der Waals surface area contributed by atoms with Crippen molar-refractivity contribution >= 4 is 23.2 Å². The quantitative estimate of drug-likeness (QED) is 0.792. The van der Waals surface area contributed by atoms with Gasteiger partial charge < -0.3 is 10.4 Å². The monoisotopic (exact) mass is 309 g/mol. The molecule has 1 heterocycles. The van der Waals surface area contributed by atoms with Gasteiger partial charge in [-0.1, -0.05) is 31.7 Å². The summed E-state index contributed by atoms with van der Waals surface area (Å²) in [6.07, 6.45) is 7.02. The van der Waals surface area contributed by atoms with E-state index in [1.807, 2.05) is 11.4 Å². The molecule has 0 unspecified atom stereocenters. The standard InChI is InChI=1S/C16H23NO3S/c18-14(9-5-7-13-8-6-12-21-13)17-16(15(19)20)10-3-1-2-4-11-16/h6,8,12H,1-5,7,9-11H2,(H,17,18)(H,19,20). The lowest BCUT2D eigenvalue weighted by atomic mass is 9.90. The summed E-state index contributed by atoms with van der Waals surface area (Å²) in [5.41, 5.74) is -1.03. The molecular weight excluding hydrogens is 286 g/mol. The van der Waals surface area contributed by atoms with Gasteiger partial charge in [0.15, 0.2) is 0 Å². The summed E-state index contributed by atoms with van der Waals surface area (Å²) in [5.74, 6) is -1.01. The lowest BCUT2D eigenvalue weighted by molar-refractivity contribution is -0.148.